The molecule has 2 nitrogen and oxygen atoms in total. The Bertz CT molecular complexity index is 396. The second kappa shape index (κ2) is 5.69. The van der Waals surface area contributed by atoms with Gasteiger partial charge in [0.2, 0.25) is 0 Å². The zero-order valence-corrected chi connectivity index (χ0v) is 13.1. The number of amides is 1. The smallest absolute Gasteiger partial charge is 0.252 e. The van der Waals surface area contributed by atoms with Crippen molar-refractivity contribution in [3.8, 4) is 0 Å². The highest BCUT2D eigenvalue weighted by Gasteiger charge is 2.27. The average Bonchev–Trinajstić information content (AvgIpc) is 2.74. The lowest BCUT2D eigenvalue weighted by Crippen LogP contribution is -2.36. The molecule has 0 spiro atoms. The first kappa shape index (κ1) is 13.3. The van der Waals surface area contributed by atoms with E-state index in [2.05, 4.69) is 34.8 Å². The van der Waals surface area contributed by atoms with E-state index in [0.29, 0.717) is 5.41 Å². The predicted molar refractivity (Wildman–Crippen MR) is 80.6 cm³/mol. The topological polar surface area (TPSA) is 29.1 Å². The van der Waals surface area contributed by atoms with Gasteiger partial charge in [0.1, 0.15) is 0 Å². The third kappa shape index (κ3) is 3.68. The highest BCUT2D eigenvalue weighted by atomic mass is 127. The van der Waals surface area contributed by atoms with Gasteiger partial charge in [-0.3, -0.25) is 4.79 Å². The largest absolute Gasteiger partial charge is 0.351 e. The first-order chi connectivity index (χ1) is 8.09. The van der Waals surface area contributed by atoms with Gasteiger partial charge in [0.25, 0.3) is 5.91 Å². The summed E-state index contributed by atoms with van der Waals surface area (Å²) in [6, 6.07) is 1.95. The molecule has 0 aliphatic heterocycles. The van der Waals surface area contributed by atoms with Crippen LogP contribution in [0.1, 0.15) is 49.4 Å². The minimum atomic E-state index is 0.0796. The summed E-state index contributed by atoms with van der Waals surface area (Å²) >= 11 is 3.87. The van der Waals surface area contributed by atoms with Gasteiger partial charge < -0.3 is 5.32 Å². The monoisotopic (exact) mass is 363 g/mol. The van der Waals surface area contributed by atoms with Crippen LogP contribution in [0.4, 0.5) is 0 Å². The van der Waals surface area contributed by atoms with Crippen molar-refractivity contribution in [3.05, 3.63) is 19.9 Å². The molecule has 94 valence electrons. The Labute approximate surface area is 120 Å². The minimum Gasteiger partial charge on any atom is -0.351 e. The number of thiophene rings is 1. The molecule has 4 heteroatoms. The first-order valence-corrected chi connectivity index (χ1v) is 8.07. The lowest BCUT2D eigenvalue weighted by Gasteiger charge is -2.33. The predicted octanol–water partition coefficient (Wildman–Crippen LogP) is 4.05. The Hall–Kier alpha value is -0.100. The van der Waals surface area contributed by atoms with E-state index in [1.165, 1.54) is 32.1 Å². The van der Waals surface area contributed by atoms with Crippen molar-refractivity contribution in [2.24, 2.45) is 5.41 Å². The number of rotatable bonds is 3. The van der Waals surface area contributed by atoms with E-state index in [9.17, 15) is 4.79 Å². The summed E-state index contributed by atoms with van der Waals surface area (Å²) < 4.78 is 1.16. The van der Waals surface area contributed by atoms with E-state index in [1.807, 2.05) is 11.4 Å². The van der Waals surface area contributed by atoms with E-state index >= 15 is 0 Å². The Kier molecular flexibility index (Phi) is 4.47. The second-order valence-corrected chi connectivity index (χ2v) is 8.00. The Morgan fingerprint density at radius 2 is 2.18 bits per heavy atom. The maximum Gasteiger partial charge on any atom is 0.252 e. The van der Waals surface area contributed by atoms with Crippen molar-refractivity contribution in [3.63, 3.8) is 0 Å². The molecule has 1 aliphatic rings. The van der Waals surface area contributed by atoms with Crippen LogP contribution in [0.3, 0.4) is 0 Å². The molecule has 1 fully saturated rings. The molecule has 1 aromatic heterocycles. The molecule has 1 saturated carbocycles. The van der Waals surface area contributed by atoms with Crippen molar-refractivity contribution in [1.82, 2.24) is 5.32 Å². The van der Waals surface area contributed by atoms with Gasteiger partial charge in [0.05, 0.1) is 8.45 Å². The molecule has 0 atom stereocenters. The molecule has 0 bridgehead atoms. The van der Waals surface area contributed by atoms with Crippen LogP contribution in [0.25, 0.3) is 0 Å². The van der Waals surface area contributed by atoms with E-state index < -0.39 is 0 Å². The number of hydrogen-bond acceptors (Lipinski definition) is 2. The third-order valence-corrected chi connectivity index (χ3v) is 5.36. The molecule has 0 unspecified atom stereocenters. The Balaban J connectivity index is 1.87. The molecule has 0 radical (unpaired) electrons. The molecule has 1 aliphatic carbocycles. The van der Waals surface area contributed by atoms with Gasteiger partial charge >= 0.3 is 0 Å². The lowest BCUT2D eigenvalue weighted by atomic mass is 9.76. The molecule has 17 heavy (non-hydrogen) atoms. The molecule has 1 aromatic rings. The lowest BCUT2D eigenvalue weighted by molar-refractivity contribution is 0.0919. The number of carbonyl (C=O) groups is 1. The molecular weight excluding hydrogens is 345 g/mol. The maximum absolute atomic E-state index is 11.9. The number of nitrogens with one attached hydrogen (secondary N) is 1. The number of hydrogen-bond donors (Lipinski definition) is 1. The quantitative estimate of drug-likeness (QED) is 0.807. The van der Waals surface area contributed by atoms with Gasteiger partial charge in [-0.2, -0.15) is 0 Å². The van der Waals surface area contributed by atoms with E-state index in [1.54, 1.807) is 11.3 Å². The van der Waals surface area contributed by atoms with Crippen molar-refractivity contribution in [1.29, 1.82) is 0 Å². The van der Waals surface area contributed by atoms with Gasteiger partial charge in [-0.05, 0) is 46.9 Å². The fourth-order valence-corrected chi connectivity index (χ4v) is 3.73. The summed E-state index contributed by atoms with van der Waals surface area (Å²) in [6.45, 7) is 3.11. The van der Waals surface area contributed by atoms with Crippen LogP contribution in [0.2, 0.25) is 0 Å². The average molecular weight is 363 g/mol. The van der Waals surface area contributed by atoms with Crippen LogP contribution >= 0.6 is 33.9 Å². The van der Waals surface area contributed by atoms with Crippen molar-refractivity contribution in [2.75, 3.05) is 6.54 Å². The molecule has 1 amide bonds. The summed E-state index contributed by atoms with van der Waals surface area (Å²) in [5.74, 6) is 0.0796. The highest BCUT2D eigenvalue weighted by molar-refractivity contribution is 14.1. The SMILES string of the molecule is CC1(CNC(=O)c2csc(I)c2)CCCCC1. The number of carbonyl (C=O) groups excluding carboxylic acids is 1. The van der Waals surface area contributed by atoms with Crippen LogP contribution in [0.5, 0.6) is 0 Å². The summed E-state index contributed by atoms with van der Waals surface area (Å²) in [6.07, 6.45) is 6.46. The van der Waals surface area contributed by atoms with Crippen LogP contribution < -0.4 is 5.32 Å². The second-order valence-electron chi connectivity index (χ2n) is 5.19. The summed E-state index contributed by atoms with van der Waals surface area (Å²) in [7, 11) is 0. The molecule has 1 heterocycles. The van der Waals surface area contributed by atoms with Crippen molar-refractivity contribution >= 4 is 39.8 Å². The van der Waals surface area contributed by atoms with Gasteiger partial charge in [-0.1, -0.05) is 26.2 Å². The Morgan fingerprint density at radius 3 is 2.76 bits per heavy atom. The van der Waals surface area contributed by atoms with Crippen molar-refractivity contribution in [2.45, 2.75) is 39.0 Å². The normalized spacial score (nSPS) is 18.9. The third-order valence-electron chi connectivity index (χ3n) is 3.57. The van der Waals surface area contributed by atoms with Gasteiger partial charge in [0, 0.05) is 11.9 Å². The Morgan fingerprint density at radius 1 is 1.47 bits per heavy atom. The molecule has 1 N–H and O–H groups in total. The van der Waals surface area contributed by atoms with E-state index in [-0.39, 0.29) is 5.91 Å². The summed E-state index contributed by atoms with van der Waals surface area (Å²) in [4.78, 5) is 11.9. The van der Waals surface area contributed by atoms with Gasteiger partial charge in [-0.15, -0.1) is 11.3 Å². The highest BCUT2D eigenvalue weighted by Crippen LogP contribution is 2.35. The van der Waals surface area contributed by atoms with Crippen LogP contribution in [0, 0.1) is 8.30 Å². The fraction of sp³-hybridized carbons (Fsp3) is 0.615. The minimum absolute atomic E-state index is 0.0796. The molecular formula is C13H18INOS. The molecule has 0 aromatic carbocycles. The van der Waals surface area contributed by atoms with Crippen LogP contribution in [0.15, 0.2) is 11.4 Å². The van der Waals surface area contributed by atoms with Crippen LogP contribution in [-0.4, -0.2) is 12.5 Å². The van der Waals surface area contributed by atoms with Gasteiger partial charge in [-0.25, -0.2) is 0 Å². The fourth-order valence-electron chi connectivity index (χ4n) is 2.41. The summed E-state index contributed by atoms with van der Waals surface area (Å²) in [5, 5.41) is 5.02. The maximum atomic E-state index is 11.9. The van der Waals surface area contributed by atoms with E-state index in [0.717, 1.165) is 15.0 Å². The van der Waals surface area contributed by atoms with Crippen LogP contribution in [-0.2, 0) is 0 Å². The number of halogens is 1. The van der Waals surface area contributed by atoms with Crippen molar-refractivity contribution < 1.29 is 4.79 Å². The standard InChI is InChI=1S/C13H18INOS/c1-13(5-3-2-4-6-13)9-15-12(16)10-7-11(14)17-8-10/h7-8H,2-6,9H2,1H3,(H,15,16). The zero-order chi connectivity index (χ0) is 12.3. The summed E-state index contributed by atoms with van der Waals surface area (Å²) in [5.41, 5.74) is 1.12. The first-order valence-electron chi connectivity index (χ1n) is 6.11. The molecule has 2 rings (SSSR count). The van der Waals surface area contributed by atoms with Gasteiger partial charge in [0.15, 0.2) is 0 Å². The van der Waals surface area contributed by atoms with E-state index in [4.69, 9.17) is 0 Å². The zero-order valence-electron chi connectivity index (χ0n) is 10.1. The molecule has 0 saturated heterocycles.